The molecule has 4 aromatic rings. The van der Waals surface area contributed by atoms with E-state index in [9.17, 15) is 14.7 Å². The number of aromatic nitrogens is 2. The number of carbonyl (C=O) groups is 1. The number of benzene rings is 3. The smallest absolute Gasteiger partial charge is 0.337 e. The number of carboxylic acid groups (broad SMARTS) is 1. The maximum Gasteiger partial charge on any atom is 0.337 e. The highest BCUT2D eigenvalue weighted by Gasteiger charge is 2.18. The predicted octanol–water partition coefficient (Wildman–Crippen LogP) is 5.13. The van der Waals surface area contributed by atoms with E-state index < -0.39 is 5.97 Å². The molecule has 0 aliphatic heterocycles. The highest BCUT2D eigenvalue weighted by molar-refractivity contribution is 6.31. The molecule has 1 aromatic heterocycles. The van der Waals surface area contributed by atoms with Crippen molar-refractivity contribution in [2.45, 2.75) is 13.0 Å². The standard InChI is InChI=1S/C24H20ClN3O3/c1-14(26-20-12-11-16(25)13-19(20)24(30)31)17-9-6-10-18-21(17)27-22(28(2)23(18)29)15-7-4-3-5-8-15/h3-14,26H,1-2H3,(H,30,31)/t14-/m1/s1. The van der Waals surface area contributed by atoms with E-state index in [-0.39, 0.29) is 17.2 Å². The summed E-state index contributed by atoms with van der Waals surface area (Å²) in [5.41, 5.74) is 2.58. The van der Waals surface area contributed by atoms with Gasteiger partial charge >= 0.3 is 5.97 Å². The normalized spacial score (nSPS) is 12.0. The molecule has 6 nitrogen and oxygen atoms in total. The van der Waals surface area contributed by atoms with E-state index in [0.717, 1.165) is 11.1 Å². The summed E-state index contributed by atoms with van der Waals surface area (Å²) in [7, 11) is 1.71. The van der Waals surface area contributed by atoms with Gasteiger partial charge in [-0.2, -0.15) is 0 Å². The van der Waals surface area contributed by atoms with E-state index in [0.29, 0.717) is 27.4 Å². The highest BCUT2D eigenvalue weighted by atomic mass is 35.5. The van der Waals surface area contributed by atoms with Crippen molar-refractivity contribution >= 4 is 34.2 Å². The van der Waals surface area contributed by atoms with Gasteiger partial charge in [-0.25, -0.2) is 9.78 Å². The van der Waals surface area contributed by atoms with Gasteiger partial charge < -0.3 is 10.4 Å². The first-order chi connectivity index (χ1) is 14.9. The van der Waals surface area contributed by atoms with E-state index >= 15 is 0 Å². The van der Waals surface area contributed by atoms with Crippen molar-refractivity contribution in [1.82, 2.24) is 9.55 Å². The van der Waals surface area contributed by atoms with Crippen molar-refractivity contribution in [3.63, 3.8) is 0 Å². The molecule has 4 rings (SSSR count). The van der Waals surface area contributed by atoms with E-state index in [1.807, 2.05) is 43.3 Å². The number of nitrogens with one attached hydrogen (secondary N) is 1. The molecular formula is C24H20ClN3O3. The van der Waals surface area contributed by atoms with Gasteiger partial charge in [-0.05, 0) is 31.2 Å². The van der Waals surface area contributed by atoms with Gasteiger partial charge in [0.2, 0.25) is 0 Å². The molecule has 156 valence electrons. The third-order valence-corrected chi connectivity index (χ3v) is 5.46. The molecule has 1 heterocycles. The Hall–Kier alpha value is -3.64. The molecule has 0 amide bonds. The molecule has 0 saturated heterocycles. The number of hydrogen-bond donors (Lipinski definition) is 2. The number of anilines is 1. The minimum absolute atomic E-state index is 0.0773. The highest BCUT2D eigenvalue weighted by Crippen LogP contribution is 2.29. The van der Waals surface area contributed by atoms with Crippen molar-refractivity contribution in [2.24, 2.45) is 7.05 Å². The fourth-order valence-electron chi connectivity index (χ4n) is 3.64. The molecular weight excluding hydrogens is 414 g/mol. The van der Waals surface area contributed by atoms with Crippen LogP contribution in [0.25, 0.3) is 22.3 Å². The largest absolute Gasteiger partial charge is 0.478 e. The monoisotopic (exact) mass is 433 g/mol. The van der Waals surface area contributed by atoms with Crippen LogP contribution in [-0.4, -0.2) is 20.6 Å². The lowest BCUT2D eigenvalue weighted by Gasteiger charge is -2.19. The average molecular weight is 434 g/mol. The molecule has 0 aliphatic carbocycles. The summed E-state index contributed by atoms with van der Waals surface area (Å²) in [6.07, 6.45) is 0. The van der Waals surface area contributed by atoms with Gasteiger partial charge in [0, 0.05) is 28.9 Å². The Morgan fingerprint density at radius 2 is 1.84 bits per heavy atom. The van der Waals surface area contributed by atoms with Crippen LogP contribution in [0.4, 0.5) is 5.69 Å². The maximum atomic E-state index is 13.0. The number of halogens is 1. The van der Waals surface area contributed by atoms with Crippen molar-refractivity contribution in [1.29, 1.82) is 0 Å². The molecule has 0 fully saturated rings. The second-order valence-corrected chi connectivity index (χ2v) is 7.71. The summed E-state index contributed by atoms with van der Waals surface area (Å²) in [6.45, 7) is 1.90. The second-order valence-electron chi connectivity index (χ2n) is 7.27. The van der Waals surface area contributed by atoms with Gasteiger partial charge in [-0.15, -0.1) is 0 Å². The summed E-state index contributed by atoms with van der Waals surface area (Å²) in [5, 5.41) is 13.6. The molecule has 0 saturated carbocycles. The summed E-state index contributed by atoms with van der Waals surface area (Å²) >= 11 is 5.96. The van der Waals surface area contributed by atoms with E-state index in [2.05, 4.69) is 5.32 Å². The molecule has 0 radical (unpaired) electrons. The number of hydrogen-bond acceptors (Lipinski definition) is 4. The molecule has 31 heavy (non-hydrogen) atoms. The molecule has 0 unspecified atom stereocenters. The topological polar surface area (TPSA) is 84.2 Å². The average Bonchev–Trinajstić information content (AvgIpc) is 2.77. The van der Waals surface area contributed by atoms with E-state index in [4.69, 9.17) is 16.6 Å². The van der Waals surface area contributed by atoms with Crippen molar-refractivity contribution < 1.29 is 9.90 Å². The minimum Gasteiger partial charge on any atom is -0.478 e. The van der Waals surface area contributed by atoms with Crippen molar-refractivity contribution in [3.8, 4) is 11.4 Å². The van der Waals surface area contributed by atoms with Crippen molar-refractivity contribution in [2.75, 3.05) is 5.32 Å². The summed E-state index contributed by atoms with van der Waals surface area (Å²) in [5.74, 6) is -0.510. The summed E-state index contributed by atoms with van der Waals surface area (Å²) in [6, 6.07) is 19.3. The van der Waals surface area contributed by atoms with E-state index in [1.165, 1.54) is 6.07 Å². The van der Waals surface area contributed by atoms with Crippen LogP contribution in [0.1, 0.15) is 28.9 Å². The number of fused-ring (bicyclic) bond motifs is 1. The first-order valence-electron chi connectivity index (χ1n) is 9.71. The zero-order valence-corrected chi connectivity index (χ0v) is 17.7. The molecule has 0 aliphatic rings. The van der Waals surface area contributed by atoms with Gasteiger partial charge in [0.1, 0.15) is 5.82 Å². The number of aromatic carboxylic acids is 1. The van der Waals surface area contributed by atoms with Crippen LogP contribution in [0, 0.1) is 0 Å². The zero-order chi connectivity index (χ0) is 22.1. The molecule has 1 atom stereocenters. The lowest BCUT2D eigenvalue weighted by molar-refractivity contribution is 0.0698. The van der Waals surface area contributed by atoms with Crippen LogP contribution in [0.3, 0.4) is 0 Å². The Morgan fingerprint density at radius 3 is 2.55 bits per heavy atom. The van der Waals surface area contributed by atoms with Gasteiger partial charge in [-0.1, -0.05) is 54.1 Å². The number of rotatable bonds is 5. The zero-order valence-electron chi connectivity index (χ0n) is 17.0. The SMILES string of the molecule is C[C@@H](Nc1ccc(Cl)cc1C(=O)O)c1cccc2c(=O)n(C)c(-c3ccccc3)nc12. The maximum absolute atomic E-state index is 13.0. The van der Waals surface area contributed by atoms with Gasteiger partial charge in [0.05, 0.1) is 22.5 Å². The third-order valence-electron chi connectivity index (χ3n) is 5.22. The van der Waals surface area contributed by atoms with Gasteiger partial charge in [-0.3, -0.25) is 9.36 Å². The third kappa shape index (κ3) is 3.90. The fraction of sp³-hybridized carbons (Fsp3) is 0.125. The van der Waals surface area contributed by atoms with Crippen molar-refractivity contribution in [3.05, 3.63) is 93.2 Å². The predicted molar refractivity (Wildman–Crippen MR) is 123 cm³/mol. The van der Waals surface area contributed by atoms with Crippen LogP contribution < -0.4 is 10.9 Å². The Bertz CT molecular complexity index is 1350. The number of carboxylic acids is 1. The quantitative estimate of drug-likeness (QED) is 0.456. The second kappa shape index (κ2) is 8.24. The first kappa shape index (κ1) is 20.6. The van der Waals surface area contributed by atoms with Crippen LogP contribution >= 0.6 is 11.6 Å². The van der Waals surface area contributed by atoms with Gasteiger partial charge in [0.15, 0.2) is 0 Å². The lowest BCUT2D eigenvalue weighted by atomic mass is 10.0. The molecule has 7 heteroatoms. The summed E-state index contributed by atoms with van der Waals surface area (Å²) in [4.78, 5) is 29.5. The number of para-hydroxylation sites is 1. The lowest BCUT2D eigenvalue weighted by Crippen LogP contribution is -2.21. The molecule has 3 aromatic carbocycles. The van der Waals surface area contributed by atoms with Crippen LogP contribution in [0.15, 0.2) is 71.5 Å². The fourth-order valence-corrected chi connectivity index (χ4v) is 3.81. The van der Waals surface area contributed by atoms with Crippen LogP contribution in [0.2, 0.25) is 5.02 Å². The van der Waals surface area contributed by atoms with Crippen LogP contribution in [-0.2, 0) is 7.05 Å². The number of nitrogens with zero attached hydrogens (tertiary/aromatic N) is 2. The molecule has 0 spiro atoms. The van der Waals surface area contributed by atoms with Crippen LogP contribution in [0.5, 0.6) is 0 Å². The Kier molecular flexibility index (Phi) is 5.48. The van der Waals surface area contributed by atoms with Gasteiger partial charge in [0.25, 0.3) is 5.56 Å². The minimum atomic E-state index is -1.08. The van der Waals surface area contributed by atoms with E-state index in [1.54, 1.807) is 35.9 Å². The first-order valence-corrected chi connectivity index (χ1v) is 10.1. The Morgan fingerprint density at radius 1 is 1.10 bits per heavy atom. The molecule has 0 bridgehead atoms. The Labute approximate surface area is 183 Å². The Balaban J connectivity index is 1.84. The molecule has 2 N–H and O–H groups in total. The summed E-state index contributed by atoms with van der Waals surface area (Å²) < 4.78 is 1.54.